The lowest BCUT2D eigenvalue weighted by Gasteiger charge is -2.53. The van der Waals surface area contributed by atoms with Crippen molar-refractivity contribution in [1.29, 1.82) is 0 Å². The first-order chi connectivity index (χ1) is 12.6. The van der Waals surface area contributed by atoms with E-state index in [1.807, 2.05) is 0 Å². The van der Waals surface area contributed by atoms with Crippen molar-refractivity contribution in [2.45, 2.75) is 98.2 Å². The van der Waals surface area contributed by atoms with E-state index in [0.717, 1.165) is 19.3 Å². The lowest BCUT2D eigenvalue weighted by molar-refractivity contribution is 0.00131. The topological polar surface area (TPSA) is 55.4 Å². The van der Waals surface area contributed by atoms with Crippen LogP contribution in [-0.2, 0) is 25.6 Å². The van der Waals surface area contributed by atoms with Gasteiger partial charge in [0.05, 0.1) is 0 Å². The molecule has 0 amide bonds. The van der Waals surface area contributed by atoms with E-state index in [1.54, 1.807) is 0 Å². The molecule has 0 N–H and O–H groups in total. The van der Waals surface area contributed by atoms with Crippen molar-refractivity contribution in [2.24, 2.45) is 0 Å². The lowest BCUT2D eigenvalue weighted by Crippen LogP contribution is -2.75. The average molecular weight is 439 g/mol. The quantitative estimate of drug-likeness (QED) is 0.381. The van der Waals surface area contributed by atoms with Gasteiger partial charge in [-0.15, -0.1) is 0 Å². The van der Waals surface area contributed by atoms with Crippen LogP contribution < -0.4 is 0 Å². The lowest BCUT2D eigenvalue weighted by atomic mass is 10.5. The first-order valence-corrected chi connectivity index (χ1v) is 16.1. The van der Waals surface area contributed by atoms with Crippen LogP contribution in [0.5, 0.6) is 0 Å². The second kappa shape index (κ2) is 11.0. The summed E-state index contributed by atoms with van der Waals surface area (Å²) in [5.74, 6) is 0. The summed E-state index contributed by atoms with van der Waals surface area (Å²) in [5, 5.41) is 0. The predicted octanol–water partition coefficient (Wildman–Crippen LogP) is 5.38. The van der Waals surface area contributed by atoms with Gasteiger partial charge in [-0.25, -0.2) is 0 Å². The molecule has 0 bridgehead atoms. The second-order valence-corrected chi connectivity index (χ2v) is 18.5. The first-order valence-electron chi connectivity index (χ1n) is 10.7. The van der Waals surface area contributed by atoms with Crippen LogP contribution in [0.3, 0.4) is 0 Å². The minimum Gasteiger partial charge on any atom is -0.374 e. The van der Waals surface area contributed by atoms with Crippen molar-refractivity contribution in [3.63, 3.8) is 0 Å². The van der Waals surface area contributed by atoms with E-state index in [4.69, 9.17) is 25.6 Å². The standard InChI is InChI=1S/C18H42O6Si3/c1-10-13-19-25(16(4)5)22-26(17(6)7,20-14-11-2)24-27(23-25,18(8)9)21-15-12-3/h16-18H,10-15H2,1-9H3. The summed E-state index contributed by atoms with van der Waals surface area (Å²) in [6.07, 6.45) is 2.73. The third kappa shape index (κ3) is 5.95. The van der Waals surface area contributed by atoms with Gasteiger partial charge in [0.1, 0.15) is 0 Å². The molecule has 1 saturated heterocycles. The molecule has 0 spiro atoms. The molecule has 0 aromatic heterocycles. The van der Waals surface area contributed by atoms with Gasteiger partial charge in [0.25, 0.3) is 0 Å². The molecule has 27 heavy (non-hydrogen) atoms. The zero-order chi connectivity index (χ0) is 20.7. The molecular weight excluding hydrogens is 396 g/mol. The molecule has 0 aliphatic carbocycles. The average Bonchev–Trinajstić information content (AvgIpc) is 2.62. The molecule has 162 valence electrons. The normalized spacial score (nSPS) is 32.0. The Morgan fingerprint density at radius 1 is 0.519 bits per heavy atom. The molecule has 0 aromatic carbocycles. The van der Waals surface area contributed by atoms with Crippen molar-refractivity contribution >= 4 is 26.4 Å². The minimum atomic E-state index is -3.03. The van der Waals surface area contributed by atoms with Crippen molar-refractivity contribution < 1.29 is 25.6 Å². The highest BCUT2D eigenvalue weighted by molar-refractivity contribution is 6.90. The van der Waals surface area contributed by atoms with E-state index < -0.39 is 26.4 Å². The maximum atomic E-state index is 6.72. The van der Waals surface area contributed by atoms with Crippen LogP contribution in [0.15, 0.2) is 0 Å². The summed E-state index contributed by atoms with van der Waals surface area (Å²) in [4.78, 5) is 0. The Morgan fingerprint density at radius 3 is 0.889 bits per heavy atom. The van der Waals surface area contributed by atoms with Gasteiger partial charge in [-0.1, -0.05) is 62.3 Å². The van der Waals surface area contributed by atoms with Gasteiger partial charge in [-0.05, 0) is 19.3 Å². The molecule has 1 aliphatic heterocycles. The minimum absolute atomic E-state index is 0.111. The third-order valence-corrected chi connectivity index (χ3v) is 17.4. The molecule has 0 aromatic rings. The van der Waals surface area contributed by atoms with Crippen LogP contribution in [0.4, 0.5) is 0 Å². The van der Waals surface area contributed by atoms with E-state index in [1.165, 1.54) is 0 Å². The second-order valence-electron chi connectivity index (χ2n) is 8.13. The SMILES string of the molecule is CCCO[Si]1(C(C)C)O[Si](OCCC)(C(C)C)O[Si](OCCC)(C(C)C)O1. The van der Waals surface area contributed by atoms with Gasteiger partial charge in [0, 0.05) is 36.4 Å². The van der Waals surface area contributed by atoms with Gasteiger partial charge in [-0.2, -0.15) is 0 Å². The van der Waals surface area contributed by atoms with Crippen LogP contribution in [0, 0.1) is 0 Å². The molecule has 6 nitrogen and oxygen atoms in total. The van der Waals surface area contributed by atoms with E-state index in [9.17, 15) is 0 Å². The van der Waals surface area contributed by atoms with Gasteiger partial charge in [0.2, 0.25) is 0 Å². The van der Waals surface area contributed by atoms with Crippen LogP contribution >= 0.6 is 0 Å². The Bertz CT molecular complexity index is 366. The van der Waals surface area contributed by atoms with E-state index in [2.05, 4.69) is 62.3 Å². The summed E-state index contributed by atoms with van der Waals surface area (Å²) >= 11 is 0. The Morgan fingerprint density at radius 2 is 0.741 bits per heavy atom. The van der Waals surface area contributed by atoms with Crippen molar-refractivity contribution in [3.8, 4) is 0 Å². The largest absolute Gasteiger partial charge is 0.488 e. The highest BCUT2D eigenvalue weighted by atomic mass is 28.5. The Kier molecular flexibility index (Phi) is 10.3. The van der Waals surface area contributed by atoms with E-state index in [0.29, 0.717) is 19.8 Å². The number of hydrogen-bond acceptors (Lipinski definition) is 6. The number of rotatable bonds is 12. The summed E-state index contributed by atoms with van der Waals surface area (Å²) in [5.41, 5.74) is 0.332. The van der Waals surface area contributed by atoms with Crippen LogP contribution in [0.1, 0.15) is 81.6 Å². The van der Waals surface area contributed by atoms with Gasteiger partial charge < -0.3 is 25.6 Å². The smallest absolute Gasteiger partial charge is 0.374 e. The predicted molar refractivity (Wildman–Crippen MR) is 115 cm³/mol. The van der Waals surface area contributed by atoms with Gasteiger partial charge in [0.15, 0.2) is 0 Å². The Hall–Kier alpha value is 0.411. The Labute approximate surface area is 170 Å². The molecule has 0 saturated carbocycles. The molecular formula is C18H42O6Si3. The maximum absolute atomic E-state index is 6.72. The molecule has 1 aliphatic rings. The van der Waals surface area contributed by atoms with Crippen LogP contribution in [0.25, 0.3) is 0 Å². The van der Waals surface area contributed by atoms with Crippen molar-refractivity contribution in [1.82, 2.24) is 0 Å². The van der Waals surface area contributed by atoms with Gasteiger partial charge in [-0.3, -0.25) is 0 Å². The summed E-state index contributed by atoms with van der Waals surface area (Å²) in [7, 11) is -9.09. The monoisotopic (exact) mass is 438 g/mol. The maximum Gasteiger partial charge on any atom is 0.488 e. The summed E-state index contributed by atoms with van der Waals surface area (Å²) < 4.78 is 39.3. The molecule has 1 fully saturated rings. The van der Waals surface area contributed by atoms with Crippen molar-refractivity contribution in [3.05, 3.63) is 0 Å². The highest BCUT2D eigenvalue weighted by Crippen LogP contribution is 2.46. The van der Waals surface area contributed by atoms with Crippen LogP contribution in [0.2, 0.25) is 16.6 Å². The van der Waals surface area contributed by atoms with E-state index in [-0.39, 0.29) is 16.6 Å². The van der Waals surface area contributed by atoms with Crippen molar-refractivity contribution in [2.75, 3.05) is 19.8 Å². The molecule has 1 rings (SSSR count). The van der Waals surface area contributed by atoms with E-state index >= 15 is 0 Å². The zero-order valence-corrected chi connectivity index (χ0v) is 21.9. The summed E-state index contributed by atoms with van der Waals surface area (Å²) in [6, 6.07) is 0. The third-order valence-electron chi connectivity index (χ3n) is 4.50. The fourth-order valence-corrected chi connectivity index (χ4v) is 18.7. The number of hydrogen-bond donors (Lipinski definition) is 0. The molecule has 1 heterocycles. The molecule has 0 unspecified atom stereocenters. The highest BCUT2D eigenvalue weighted by Gasteiger charge is 2.70. The fraction of sp³-hybridized carbons (Fsp3) is 1.00. The first kappa shape index (κ1) is 25.4. The molecule has 0 radical (unpaired) electrons. The Balaban J connectivity index is 3.47. The summed E-state index contributed by atoms with van der Waals surface area (Å²) in [6.45, 7) is 20.8. The fourth-order valence-electron chi connectivity index (χ4n) is 2.77. The van der Waals surface area contributed by atoms with Crippen LogP contribution in [-0.4, -0.2) is 46.2 Å². The molecule has 0 atom stereocenters. The van der Waals surface area contributed by atoms with Gasteiger partial charge >= 0.3 is 26.4 Å². The molecule has 9 heteroatoms. The zero-order valence-electron chi connectivity index (χ0n) is 18.9.